The zero-order valence-electron chi connectivity index (χ0n) is 7.12. The molecular weight excluding hydrogens is 154 g/mol. The maximum Gasteiger partial charge on any atom is 0.303 e. The minimum atomic E-state index is -0.634. The predicted octanol–water partition coefficient (Wildman–Crippen LogP) is 0.849. The summed E-state index contributed by atoms with van der Waals surface area (Å²) in [5.41, 5.74) is 0. The molecule has 2 aliphatic rings. The van der Waals surface area contributed by atoms with E-state index in [0.29, 0.717) is 24.3 Å². The highest BCUT2D eigenvalue weighted by Gasteiger charge is 2.36. The number of carboxylic acid groups (broad SMARTS) is 1. The van der Waals surface area contributed by atoms with E-state index >= 15 is 0 Å². The number of fused-ring (bicyclic) bond motifs is 2. The highest BCUT2D eigenvalue weighted by Crippen LogP contribution is 2.35. The summed E-state index contributed by atoms with van der Waals surface area (Å²) in [5, 5.41) is 12.1. The topological polar surface area (TPSA) is 49.3 Å². The van der Waals surface area contributed by atoms with E-state index in [2.05, 4.69) is 5.32 Å². The molecule has 2 rings (SSSR count). The van der Waals surface area contributed by atoms with Gasteiger partial charge in [-0.1, -0.05) is 0 Å². The first-order valence-corrected chi connectivity index (χ1v) is 4.71. The summed E-state index contributed by atoms with van der Waals surface area (Å²) in [6.45, 7) is 1.04. The van der Waals surface area contributed by atoms with Crippen molar-refractivity contribution in [3.8, 4) is 0 Å². The molecule has 0 amide bonds. The van der Waals surface area contributed by atoms with Gasteiger partial charge in [0.15, 0.2) is 0 Å². The summed E-state index contributed by atoms with van der Waals surface area (Å²) in [6.07, 6.45) is 3.86. The minimum Gasteiger partial charge on any atom is -0.481 e. The second kappa shape index (κ2) is 3.05. The van der Waals surface area contributed by atoms with Crippen LogP contribution in [0.4, 0.5) is 0 Å². The average molecular weight is 169 g/mol. The third kappa shape index (κ3) is 1.46. The lowest BCUT2D eigenvalue weighted by Crippen LogP contribution is -2.24. The Labute approximate surface area is 72.2 Å². The Kier molecular flexibility index (Phi) is 2.05. The summed E-state index contributed by atoms with van der Waals surface area (Å²) < 4.78 is 0. The monoisotopic (exact) mass is 169 g/mol. The molecule has 0 aromatic rings. The third-order valence-electron chi connectivity index (χ3n) is 3.25. The fraction of sp³-hybridized carbons (Fsp3) is 0.889. The lowest BCUT2D eigenvalue weighted by Gasteiger charge is -2.26. The van der Waals surface area contributed by atoms with Crippen molar-refractivity contribution in [2.24, 2.45) is 11.8 Å². The number of aliphatic carboxylic acids is 1. The maximum atomic E-state index is 10.5. The second-order valence-electron chi connectivity index (χ2n) is 4.04. The van der Waals surface area contributed by atoms with Gasteiger partial charge in [0.2, 0.25) is 0 Å². The van der Waals surface area contributed by atoms with Crippen molar-refractivity contribution in [1.29, 1.82) is 0 Å². The molecule has 2 fully saturated rings. The standard InChI is InChI=1S/C9H15NO2/c11-9(12)4-6-1-2-8-3-7(6)5-10-8/h6-8,10H,1-5H2,(H,11,12). The SMILES string of the molecule is O=C(O)CC1CCC2CC1CN2. The number of carboxylic acids is 1. The first kappa shape index (κ1) is 8.05. The Morgan fingerprint density at radius 1 is 1.50 bits per heavy atom. The fourth-order valence-corrected chi connectivity index (χ4v) is 2.57. The van der Waals surface area contributed by atoms with E-state index in [9.17, 15) is 4.79 Å². The molecule has 1 heterocycles. The molecule has 3 unspecified atom stereocenters. The Hall–Kier alpha value is -0.570. The van der Waals surface area contributed by atoms with Gasteiger partial charge in [0.25, 0.3) is 0 Å². The zero-order valence-corrected chi connectivity index (χ0v) is 7.12. The van der Waals surface area contributed by atoms with Gasteiger partial charge in [-0.15, -0.1) is 0 Å². The number of nitrogens with one attached hydrogen (secondary N) is 1. The molecule has 0 radical (unpaired) electrons. The quantitative estimate of drug-likeness (QED) is 0.644. The third-order valence-corrected chi connectivity index (χ3v) is 3.25. The van der Waals surface area contributed by atoms with Crippen molar-refractivity contribution in [2.75, 3.05) is 6.54 Å². The molecule has 1 aliphatic carbocycles. The van der Waals surface area contributed by atoms with Crippen LogP contribution in [0.15, 0.2) is 0 Å². The molecule has 1 saturated heterocycles. The minimum absolute atomic E-state index is 0.374. The number of rotatable bonds is 2. The van der Waals surface area contributed by atoms with Crippen LogP contribution >= 0.6 is 0 Å². The molecule has 2 bridgehead atoms. The van der Waals surface area contributed by atoms with Gasteiger partial charge in [-0.3, -0.25) is 4.79 Å². The Bertz CT molecular complexity index is 193. The van der Waals surface area contributed by atoms with Crippen LogP contribution in [0.25, 0.3) is 0 Å². The number of hydrogen-bond donors (Lipinski definition) is 2. The maximum absolute atomic E-state index is 10.5. The van der Waals surface area contributed by atoms with Crippen molar-refractivity contribution < 1.29 is 9.90 Å². The first-order valence-electron chi connectivity index (χ1n) is 4.71. The van der Waals surface area contributed by atoms with Crippen molar-refractivity contribution in [2.45, 2.75) is 31.7 Å². The fourth-order valence-electron chi connectivity index (χ4n) is 2.57. The Balaban J connectivity index is 1.93. The first-order chi connectivity index (χ1) is 5.75. The molecular formula is C9H15NO2. The normalized spacial score (nSPS) is 39.8. The summed E-state index contributed by atoms with van der Waals surface area (Å²) in [7, 11) is 0. The molecule has 68 valence electrons. The van der Waals surface area contributed by atoms with Crippen LogP contribution < -0.4 is 5.32 Å². The van der Waals surface area contributed by atoms with Gasteiger partial charge in [0.05, 0.1) is 0 Å². The van der Waals surface area contributed by atoms with Crippen LogP contribution in [0, 0.1) is 11.8 Å². The lowest BCUT2D eigenvalue weighted by atomic mass is 9.78. The summed E-state index contributed by atoms with van der Waals surface area (Å²) in [4.78, 5) is 10.5. The van der Waals surface area contributed by atoms with E-state index in [1.807, 2.05) is 0 Å². The highest BCUT2D eigenvalue weighted by molar-refractivity contribution is 5.67. The summed E-state index contributed by atoms with van der Waals surface area (Å²) in [5.74, 6) is 0.443. The van der Waals surface area contributed by atoms with Crippen LogP contribution in [0.5, 0.6) is 0 Å². The van der Waals surface area contributed by atoms with Gasteiger partial charge in [-0.2, -0.15) is 0 Å². The molecule has 3 heteroatoms. The van der Waals surface area contributed by atoms with Gasteiger partial charge in [-0.05, 0) is 37.6 Å². The van der Waals surface area contributed by atoms with Crippen molar-refractivity contribution in [3.63, 3.8) is 0 Å². The smallest absolute Gasteiger partial charge is 0.303 e. The van der Waals surface area contributed by atoms with E-state index in [0.717, 1.165) is 13.0 Å². The van der Waals surface area contributed by atoms with Crippen LogP contribution in [-0.4, -0.2) is 23.7 Å². The Morgan fingerprint density at radius 3 is 3.08 bits per heavy atom. The highest BCUT2D eigenvalue weighted by atomic mass is 16.4. The largest absolute Gasteiger partial charge is 0.481 e. The number of hydrogen-bond acceptors (Lipinski definition) is 2. The number of carbonyl (C=O) groups is 1. The van der Waals surface area contributed by atoms with Gasteiger partial charge in [-0.25, -0.2) is 0 Å². The molecule has 1 aliphatic heterocycles. The lowest BCUT2D eigenvalue weighted by molar-refractivity contribution is -0.138. The van der Waals surface area contributed by atoms with Crippen LogP contribution in [0.3, 0.4) is 0 Å². The van der Waals surface area contributed by atoms with E-state index in [1.54, 1.807) is 0 Å². The van der Waals surface area contributed by atoms with Gasteiger partial charge >= 0.3 is 5.97 Å². The van der Waals surface area contributed by atoms with Gasteiger partial charge in [0.1, 0.15) is 0 Å². The molecule has 3 atom stereocenters. The molecule has 0 aromatic carbocycles. The average Bonchev–Trinajstić information content (AvgIpc) is 2.39. The summed E-state index contributed by atoms with van der Waals surface area (Å²) >= 11 is 0. The molecule has 2 N–H and O–H groups in total. The molecule has 3 nitrogen and oxygen atoms in total. The summed E-state index contributed by atoms with van der Waals surface area (Å²) in [6, 6.07) is 0.694. The second-order valence-corrected chi connectivity index (χ2v) is 4.04. The van der Waals surface area contributed by atoms with E-state index < -0.39 is 5.97 Å². The van der Waals surface area contributed by atoms with Crippen LogP contribution in [0.1, 0.15) is 25.7 Å². The van der Waals surface area contributed by atoms with Gasteiger partial charge < -0.3 is 10.4 Å². The molecule has 0 aromatic heterocycles. The Morgan fingerprint density at radius 2 is 2.33 bits per heavy atom. The predicted molar refractivity (Wildman–Crippen MR) is 44.9 cm³/mol. The van der Waals surface area contributed by atoms with E-state index in [-0.39, 0.29) is 0 Å². The molecule has 0 spiro atoms. The van der Waals surface area contributed by atoms with E-state index in [4.69, 9.17) is 5.11 Å². The zero-order chi connectivity index (χ0) is 8.55. The van der Waals surface area contributed by atoms with Crippen molar-refractivity contribution in [3.05, 3.63) is 0 Å². The van der Waals surface area contributed by atoms with Crippen molar-refractivity contribution in [1.82, 2.24) is 5.32 Å². The van der Waals surface area contributed by atoms with Crippen molar-refractivity contribution >= 4 is 5.97 Å². The van der Waals surface area contributed by atoms with E-state index in [1.165, 1.54) is 12.8 Å². The van der Waals surface area contributed by atoms with Crippen LogP contribution in [0.2, 0.25) is 0 Å². The van der Waals surface area contributed by atoms with Crippen LogP contribution in [-0.2, 0) is 4.79 Å². The molecule has 1 saturated carbocycles. The van der Waals surface area contributed by atoms with Gasteiger partial charge in [0, 0.05) is 12.5 Å². The molecule has 12 heavy (non-hydrogen) atoms.